The minimum atomic E-state index is -0.144. The second-order valence-corrected chi connectivity index (χ2v) is 14.2. The van der Waals surface area contributed by atoms with E-state index in [0.29, 0.717) is 0 Å². The molecule has 0 aromatic heterocycles. The highest BCUT2D eigenvalue weighted by molar-refractivity contribution is 6.05. The average molecular weight is 604 g/mol. The Morgan fingerprint density at radius 1 is 0.362 bits per heavy atom. The van der Waals surface area contributed by atoms with E-state index < -0.39 is 0 Å². The third-order valence-corrected chi connectivity index (χ3v) is 10.9. The Labute approximate surface area is 277 Å². The van der Waals surface area contributed by atoms with Crippen LogP contribution in [0, 0.1) is 0 Å². The molecule has 2 aliphatic heterocycles. The number of benzene rings is 7. The molecule has 2 aliphatic rings. The molecule has 0 spiro atoms. The van der Waals surface area contributed by atoms with E-state index in [1.807, 2.05) is 0 Å². The van der Waals surface area contributed by atoms with Gasteiger partial charge in [0.2, 0.25) is 0 Å². The number of anilines is 3. The molecule has 0 saturated carbocycles. The zero-order valence-electron chi connectivity index (χ0n) is 27.4. The van der Waals surface area contributed by atoms with Crippen molar-refractivity contribution in [3.63, 3.8) is 0 Å². The van der Waals surface area contributed by atoms with Crippen LogP contribution < -0.4 is 4.90 Å². The van der Waals surface area contributed by atoms with E-state index in [1.165, 1.54) is 83.5 Å². The fourth-order valence-corrected chi connectivity index (χ4v) is 8.32. The Balaban J connectivity index is 1.14. The summed E-state index contributed by atoms with van der Waals surface area (Å²) in [6.07, 6.45) is 0. The van der Waals surface area contributed by atoms with Crippen LogP contribution in [0.15, 0.2) is 152 Å². The van der Waals surface area contributed by atoms with Gasteiger partial charge in [0.15, 0.2) is 0 Å². The summed E-state index contributed by atoms with van der Waals surface area (Å²) >= 11 is 0. The molecule has 1 nitrogen and oxygen atoms in total. The number of hydrogen-bond acceptors (Lipinski definition) is 1. The van der Waals surface area contributed by atoms with Gasteiger partial charge in [0.1, 0.15) is 0 Å². The van der Waals surface area contributed by atoms with Gasteiger partial charge in [-0.15, -0.1) is 0 Å². The maximum atomic E-state index is 2.53. The van der Waals surface area contributed by atoms with Crippen molar-refractivity contribution in [1.82, 2.24) is 0 Å². The lowest BCUT2D eigenvalue weighted by molar-refractivity contribution is 0.597. The molecule has 1 heteroatoms. The second-order valence-electron chi connectivity index (χ2n) is 14.2. The molecule has 7 aromatic rings. The van der Waals surface area contributed by atoms with E-state index in [1.54, 1.807) is 0 Å². The summed E-state index contributed by atoms with van der Waals surface area (Å²) < 4.78 is 0. The normalized spacial score (nSPS) is 15.1. The van der Waals surface area contributed by atoms with E-state index in [0.717, 1.165) is 0 Å². The van der Waals surface area contributed by atoms with Gasteiger partial charge in [-0.25, -0.2) is 0 Å². The zero-order valence-corrected chi connectivity index (χ0v) is 27.4. The number of nitrogens with zero attached hydrogens (tertiary/aromatic N) is 1. The molecule has 0 unspecified atom stereocenters. The Kier molecular flexibility index (Phi) is 5.96. The fraction of sp³-hybridized carbons (Fsp3) is 0.130. The number of para-hydroxylation sites is 2. The highest BCUT2D eigenvalue weighted by atomic mass is 15.2. The zero-order chi connectivity index (χ0) is 31.9. The predicted octanol–water partition coefficient (Wildman–Crippen LogP) is 12.6. The number of fused-ring (bicyclic) bond motifs is 5. The molecule has 226 valence electrons. The number of hydrogen-bond donors (Lipinski definition) is 0. The van der Waals surface area contributed by atoms with E-state index >= 15 is 0 Å². The Morgan fingerprint density at radius 3 is 1.53 bits per heavy atom. The molecule has 9 rings (SSSR count). The van der Waals surface area contributed by atoms with Gasteiger partial charge in [0.05, 0.1) is 17.1 Å². The van der Waals surface area contributed by atoms with Crippen LogP contribution in [-0.4, -0.2) is 0 Å². The van der Waals surface area contributed by atoms with Crippen molar-refractivity contribution in [2.24, 2.45) is 0 Å². The lowest BCUT2D eigenvalue weighted by Crippen LogP contribution is -2.38. The molecule has 0 saturated heterocycles. The molecule has 0 atom stereocenters. The van der Waals surface area contributed by atoms with Crippen LogP contribution in [0.5, 0.6) is 0 Å². The summed E-state index contributed by atoms with van der Waals surface area (Å²) in [5.74, 6) is 0. The molecule has 7 aromatic carbocycles. The maximum absolute atomic E-state index is 2.53. The van der Waals surface area contributed by atoms with Crippen LogP contribution in [0.1, 0.15) is 49.9 Å². The first-order chi connectivity index (χ1) is 22.8. The fourth-order valence-electron chi connectivity index (χ4n) is 8.32. The van der Waals surface area contributed by atoms with Crippen LogP contribution in [0.2, 0.25) is 0 Å². The van der Waals surface area contributed by atoms with Crippen LogP contribution in [0.4, 0.5) is 17.1 Å². The Hall–Kier alpha value is -5.40. The molecule has 0 amide bonds. The molecule has 0 fully saturated rings. The van der Waals surface area contributed by atoms with Gasteiger partial charge in [-0.1, -0.05) is 161 Å². The monoisotopic (exact) mass is 603 g/mol. The summed E-state index contributed by atoms with van der Waals surface area (Å²) in [4.78, 5) is 2.53. The molecular formula is C46H37N. The Morgan fingerprint density at radius 2 is 0.851 bits per heavy atom. The van der Waals surface area contributed by atoms with E-state index in [-0.39, 0.29) is 10.8 Å². The lowest BCUT2D eigenvalue weighted by Gasteiger charge is -2.49. The molecule has 2 heterocycles. The van der Waals surface area contributed by atoms with Crippen molar-refractivity contribution < 1.29 is 0 Å². The van der Waals surface area contributed by atoms with Crippen molar-refractivity contribution in [2.75, 3.05) is 4.90 Å². The topological polar surface area (TPSA) is 3.24 Å². The van der Waals surface area contributed by atoms with Crippen LogP contribution in [-0.2, 0) is 10.8 Å². The summed E-state index contributed by atoms with van der Waals surface area (Å²) in [7, 11) is 0. The standard InChI is InChI=1S/C46H37N/c1-45(2)38-17-10-11-20-42(38)47-43-28-25-33(29-41(43)46(3,4)40-19-12-18-39(45)44(40)47)30-21-23-32(24-22-30)35-27-26-34(31-13-6-5-7-14-31)36-15-8-9-16-37(35)36/h5-29H,1-4H3. The van der Waals surface area contributed by atoms with Crippen molar-refractivity contribution in [3.8, 4) is 33.4 Å². The predicted molar refractivity (Wildman–Crippen MR) is 199 cm³/mol. The Bertz CT molecular complexity index is 2340. The van der Waals surface area contributed by atoms with Crippen molar-refractivity contribution in [2.45, 2.75) is 38.5 Å². The average Bonchev–Trinajstić information content (AvgIpc) is 3.11. The summed E-state index contributed by atoms with van der Waals surface area (Å²) in [6.45, 7) is 9.52. The van der Waals surface area contributed by atoms with Crippen molar-refractivity contribution in [3.05, 3.63) is 174 Å². The first kappa shape index (κ1) is 27.9. The molecule has 47 heavy (non-hydrogen) atoms. The first-order valence-electron chi connectivity index (χ1n) is 16.7. The smallest absolute Gasteiger partial charge is 0.0543 e. The van der Waals surface area contributed by atoms with Crippen LogP contribution in [0.25, 0.3) is 44.2 Å². The van der Waals surface area contributed by atoms with Crippen LogP contribution >= 0.6 is 0 Å². The van der Waals surface area contributed by atoms with E-state index in [4.69, 9.17) is 0 Å². The van der Waals surface area contributed by atoms with Crippen molar-refractivity contribution in [1.29, 1.82) is 0 Å². The molecular weight excluding hydrogens is 567 g/mol. The highest BCUT2D eigenvalue weighted by Gasteiger charge is 2.45. The van der Waals surface area contributed by atoms with Gasteiger partial charge in [0.25, 0.3) is 0 Å². The minimum Gasteiger partial charge on any atom is -0.309 e. The maximum Gasteiger partial charge on any atom is 0.0543 e. The van der Waals surface area contributed by atoms with Gasteiger partial charge in [0, 0.05) is 10.8 Å². The van der Waals surface area contributed by atoms with Crippen LogP contribution in [0.3, 0.4) is 0 Å². The SMILES string of the molecule is CC1(C)c2ccccc2N2c3ccc(-c4ccc(-c5ccc(-c6ccccc6)c6ccccc56)cc4)cc3C(C)(C)c3cccc1c32. The molecule has 0 aliphatic carbocycles. The quantitative estimate of drug-likeness (QED) is 0.194. The highest BCUT2D eigenvalue weighted by Crippen LogP contribution is 2.60. The third kappa shape index (κ3) is 4.02. The second kappa shape index (κ2) is 10.0. The summed E-state index contributed by atoms with van der Waals surface area (Å²) in [5.41, 5.74) is 16.7. The van der Waals surface area contributed by atoms with Gasteiger partial charge in [-0.2, -0.15) is 0 Å². The molecule has 0 bridgehead atoms. The summed E-state index contributed by atoms with van der Waals surface area (Å²) in [6, 6.07) is 56.2. The van der Waals surface area contributed by atoms with Gasteiger partial charge < -0.3 is 4.90 Å². The molecule has 0 N–H and O–H groups in total. The summed E-state index contributed by atoms with van der Waals surface area (Å²) in [5, 5.41) is 2.56. The lowest BCUT2D eigenvalue weighted by atomic mass is 9.66. The number of rotatable bonds is 3. The van der Waals surface area contributed by atoms with E-state index in [2.05, 4.69) is 184 Å². The van der Waals surface area contributed by atoms with E-state index in [9.17, 15) is 0 Å². The minimum absolute atomic E-state index is 0.0686. The molecule has 0 radical (unpaired) electrons. The van der Waals surface area contributed by atoms with Crippen molar-refractivity contribution >= 4 is 27.8 Å². The third-order valence-electron chi connectivity index (χ3n) is 10.9. The van der Waals surface area contributed by atoms with Gasteiger partial charge >= 0.3 is 0 Å². The van der Waals surface area contributed by atoms with Gasteiger partial charge in [-0.3, -0.25) is 0 Å². The van der Waals surface area contributed by atoms with Gasteiger partial charge in [-0.05, 0) is 84.6 Å². The largest absolute Gasteiger partial charge is 0.309 e. The first-order valence-corrected chi connectivity index (χ1v) is 16.7.